The molecule has 0 bridgehead atoms. The molecule has 0 heterocycles. The van der Waals surface area contributed by atoms with Crippen molar-refractivity contribution >= 4 is 29.7 Å². The number of methoxy groups -OCH3 is 2. The van der Waals surface area contributed by atoms with Gasteiger partial charge in [-0.1, -0.05) is 29.8 Å². The van der Waals surface area contributed by atoms with Gasteiger partial charge < -0.3 is 19.5 Å². The Bertz CT molecular complexity index is 1580. The molecule has 40 heavy (non-hydrogen) atoms. The molecule has 9 heteroatoms. The highest BCUT2D eigenvalue weighted by Gasteiger charge is 2.13. The zero-order valence-corrected chi connectivity index (χ0v) is 22.1. The average Bonchev–Trinajstić information content (AvgIpc) is 2.97. The summed E-state index contributed by atoms with van der Waals surface area (Å²) in [5.41, 5.74) is 5.61. The van der Waals surface area contributed by atoms with Crippen LogP contribution < -0.4 is 25.0 Å². The number of anilines is 1. The molecule has 0 aliphatic heterocycles. The maximum Gasteiger partial charge on any atom is 0.343 e. The lowest BCUT2D eigenvalue weighted by atomic mass is 10.1. The first-order valence-corrected chi connectivity index (χ1v) is 12.2. The smallest absolute Gasteiger partial charge is 0.343 e. The number of benzene rings is 4. The maximum atomic E-state index is 12.6. The third-order valence-electron chi connectivity index (χ3n) is 5.74. The van der Waals surface area contributed by atoms with Crippen molar-refractivity contribution < 1.29 is 28.6 Å². The predicted molar refractivity (Wildman–Crippen MR) is 152 cm³/mol. The fourth-order valence-electron chi connectivity index (χ4n) is 3.72. The molecular formula is C31H27N3O6. The summed E-state index contributed by atoms with van der Waals surface area (Å²) in [4.78, 5) is 37.7. The third kappa shape index (κ3) is 7.11. The van der Waals surface area contributed by atoms with Crippen molar-refractivity contribution in [1.82, 2.24) is 5.43 Å². The number of nitrogens with one attached hydrogen (secondary N) is 2. The largest absolute Gasteiger partial charge is 0.497 e. The number of hydrogen-bond donors (Lipinski definition) is 2. The van der Waals surface area contributed by atoms with Crippen LogP contribution in [0.2, 0.25) is 0 Å². The average molecular weight is 538 g/mol. The van der Waals surface area contributed by atoms with Crippen molar-refractivity contribution in [2.75, 3.05) is 19.5 Å². The third-order valence-corrected chi connectivity index (χ3v) is 5.74. The van der Waals surface area contributed by atoms with E-state index in [-0.39, 0.29) is 11.7 Å². The number of carbonyl (C=O) groups excluding carboxylic acids is 3. The summed E-state index contributed by atoms with van der Waals surface area (Å²) in [6.07, 6.45) is 1.43. The number of hydrazone groups is 1. The molecule has 9 nitrogen and oxygen atoms in total. The lowest BCUT2D eigenvalue weighted by Gasteiger charge is -2.10. The first-order chi connectivity index (χ1) is 19.4. The molecule has 202 valence electrons. The van der Waals surface area contributed by atoms with E-state index in [2.05, 4.69) is 15.8 Å². The highest BCUT2D eigenvalue weighted by molar-refractivity contribution is 6.05. The van der Waals surface area contributed by atoms with Crippen LogP contribution in [-0.2, 0) is 0 Å². The Morgan fingerprint density at radius 1 is 0.725 bits per heavy atom. The number of hydrogen-bond acceptors (Lipinski definition) is 7. The van der Waals surface area contributed by atoms with Crippen molar-refractivity contribution in [3.05, 3.63) is 119 Å². The molecule has 0 atom stereocenters. The SMILES string of the molecule is COc1cccc(C(=O)Nc2cccc(C(=O)NN=Cc3ccc(OC(=O)c4cccc(C)c4)c(OC)c3)c2)c1. The number of amides is 2. The van der Waals surface area contributed by atoms with Crippen LogP contribution in [0.5, 0.6) is 17.2 Å². The molecule has 0 fully saturated rings. The Morgan fingerprint density at radius 2 is 1.45 bits per heavy atom. The number of aryl methyl sites for hydroxylation is 1. The highest BCUT2D eigenvalue weighted by Crippen LogP contribution is 2.28. The molecule has 0 radical (unpaired) electrons. The van der Waals surface area contributed by atoms with E-state index in [4.69, 9.17) is 14.2 Å². The minimum absolute atomic E-state index is 0.253. The molecule has 0 spiro atoms. The predicted octanol–water partition coefficient (Wildman–Crippen LogP) is 5.25. The lowest BCUT2D eigenvalue weighted by molar-refractivity contribution is 0.0729. The van der Waals surface area contributed by atoms with Gasteiger partial charge >= 0.3 is 5.97 Å². The van der Waals surface area contributed by atoms with Gasteiger partial charge in [-0.05, 0) is 79.2 Å². The van der Waals surface area contributed by atoms with Gasteiger partial charge in [-0.15, -0.1) is 0 Å². The normalized spacial score (nSPS) is 10.6. The van der Waals surface area contributed by atoms with Gasteiger partial charge in [0.1, 0.15) is 5.75 Å². The van der Waals surface area contributed by atoms with Gasteiger partial charge in [-0.2, -0.15) is 5.10 Å². The second-order valence-electron chi connectivity index (χ2n) is 8.64. The van der Waals surface area contributed by atoms with Crippen molar-refractivity contribution in [3.8, 4) is 17.2 Å². The van der Waals surface area contributed by atoms with Crippen molar-refractivity contribution in [2.24, 2.45) is 5.10 Å². The van der Waals surface area contributed by atoms with Crippen LogP contribution in [0, 0.1) is 6.92 Å². The standard InChI is InChI=1S/C31H27N3O6/c1-20-7-4-10-24(15-20)31(37)40-27-14-13-21(16-28(27)39-3)19-32-34-30(36)22-8-5-11-25(17-22)33-29(35)23-9-6-12-26(18-23)38-2/h4-19H,1-3H3,(H,33,35)(H,34,36). The van der Waals surface area contributed by atoms with E-state index in [0.717, 1.165) is 5.56 Å². The van der Waals surface area contributed by atoms with Crippen molar-refractivity contribution in [1.29, 1.82) is 0 Å². The zero-order chi connectivity index (χ0) is 28.5. The Kier molecular flexibility index (Phi) is 8.88. The summed E-state index contributed by atoms with van der Waals surface area (Å²) >= 11 is 0. The van der Waals surface area contributed by atoms with E-state index >= 15 is 0 Å². The van der Waals surface area contributed by atoms with Crippen LogP contribution >= 0.6 is 0 Å². The summed E-state index contributed by atoms with van der Waals surface area (Å²) in [6, 6.07) is 25.2. The van der Waals surface area contributed by atoms with Crippen molar-refractivity contribution in [3.63, 3.8) is 0 Å². The maximum absolute atomic E-state index is 12.6. The van der Waals surface area contributed by atoms with Gasteiger partial charge in [0, 0.05) is 16.8 Å². The highest BCUT2D eigenvalue weighted by atomic mass is 16.6. The number of nitrogens with zero attached hydrogens (tertiary/aromatic N) is 1. The van der Waals surface area contributed by atoms with Crippen LogP contribution in [0.15, 0.2) is 96.1 Å². The quantitative estimate of drug-likeness (QED) is 0.130. The first-order valence-electron chi connectivity index (χ1n) is 12.2. The monoisotopic (exact) mass is 537 g/mol. The Balaban J connectivity index is 1.38. The topological polar surface area (TPSA) is 115 Å². The van der Waals surface area contributed by atoms with E-state index in [0.29, 0.717) is 39.4 Å². The minimum atomic E-state index is -0.502. The van der Waals surface area contributed by atoms with Crippen LogP contribution in [0.4, 0.5) is 5.69 Å². The summed E-state index contributed by atoms with van der Waals surface area (Å²) in [7, 11) is 2.99. The molecule has 0 aromatic heterocycles. The van der Waals surface area contributed by atoms with Gasteiger partial charge in [-0.25, -0.2) is 10.2 Å². The number of rotatable bonds is 9. The van der Waals surface area contributed by atoms with Crippen molar-refractivity contribution in [2.45, 2.75) is 6.92 Å². The van der Waals surface area contributed by atoms with Gasteiger partial charge in [0.15, 0.2) is 11.5 Å². The summed E-state index contributed by atoms with van der Waals surface area (Å²) < 4.78 is 16.0. The van der Waals surface area contributed by atoms with E-state index in [1.54, 1.807) is 84.9 Å². The van der Waals surface area contributed by atoms with Crippen LogP contribution in [0.25, 0.3) is 0 Å². The second kappa shape index (κ2) is 12.9. The van der Waals surface area contributed by atoms with E-state index in [1.807, 2.05) is 13.0 Å². The van der Waals surface area contributed by atoms with E-state index in [9.17, 15) is 14.4 Å². The molecule has 2 N–H and O–H groups in total. The molecule has 4 aromatic carbocycles. The second-order valence-corrected chi connectivity index (χ2v) is 8.64. The molecule has 0 aliphatic rings. The minimum Gasteiger partial charge on any atom is -0.497 e. The number of esters is 1. The summed E-state index contributed by atoms with van der Waals surface area (Å²) in [5, 5.41) is 6.78. The van der Waals surface area contributed by atoms with Crippen LogP contribution in [0.1, 0.15) is 42.2 Å². The Morgan fingerprint density at radius 3 is 2.20 bits per heavy atom. The van der Waals surface area contributed by atoms with E-state index in [1.165, 1.54) is 20.4 Å². The number of carbonyl (C=O) groups is 3. The van der Waals surface area contributed by atoms with Gasteiger partial charge in [0.05, 0.1) is 26.0 Å². The van der Waals surface area contributed by atoms with Crippen LogP contribution in [-0.4, -0.2) is 38.2 Å². The van der Waals surface area contributed by atoms with Crippen LogP contribution in [0.3, 0.4) is 0 Å². The van der Waals surface area contributed by atoms with Gasteiger partial charge in [-0.3, -0.25) is 9.59 Å². The Hall–Kier alpha value is -5.44. The molecule has 0 saturated heterocycles. The fourth-order valence-corrected chi connectivity index (χ4v) is 3.72. The molecule has 4 aromatic rings. The summed E-state index contributed by atoms with van der Waals surface area (Å²) in [6.45, 7) is 1.89. The summed E-state index contributed by atoms with van der Waals surface area (Å²) in [5.74, 6) is -0.161. The first kappa shape index (κ1) is 27.6. The molecule has 0 unspecified atom stereocenters. The molecule has 2 amide bonds. The molecular weight excluding hydrogens is 510 g/mol. The molecule has 0 aliphatic carbocycles. The Labute approximate surface area is 231 Å². The number of ether oxygens (including phenoxy) is 3. The molecule has 0 saturated carbocycles. The van der Waals surface area contributed by atoms with Gasteiger partial charge in [0.2, 0.25) is 0 Å². The van der Waals surface area contributed by atoms with Gasteiger partial charge in [0.25, 0.3) is 11.8 Å². The lowest BCUT2D eigenvalue weighted by Crippen LogP contribution is -2.18. The van der Waals surface area contributed by atoms with E-state index < -0.39 is 11.9 Å². The molecule has 4 rings (SSSR count). The fraction of sp³-hybridized carbons (Fsp3) is 0.0968. The zero-order valence-electron chi connectivity index (χ0n) is 22.1.